The molecule has 2 saturated heterocycles. The molecule has 0 spiro atoms. The molecule has 136 valence electrons. The lowest BCUT2D eigenvalue weighted by atomic mass is 9.96. The zero-order valence-electron chi connectivity index (χ0n) is 14.1. The second kappa shape index (κ2) is 10.2. The number of amides is 1. The predicted molar refractivity (Wildman–Crippen MR) is 103 cm³/mol. The normalized spacial score (nSPS) is 24.1. The monoisotopic (exact) mass is 373 g/mol. The molecular formula is C18H29Cl2N3O. The van der Waals surface area contributed by atoms with E-state index in [0.29, 0.717) is 18.4 Å². The first-order valence-corrected chi connectivity index (χ1v) is 8.51. The highest BCUT2D eigenvalue weighted by Gasteiger charge is 2.32. The Morgan fingerprint density at radius 1 is 1.08 bits per heavy atom. The topological polar surface area (TPSA) is 49.6 Å². The lowest BCUT2D eigenvalue weighted by molar-refractivity contribution is -0.136. The van der Waals surface area contributed by atoms with Gasteiger partial charge in [-0.1, -0.05) is 30.3 Å². The Labute approximate surface area is 157 Å². The highest BCUT2D eigenvalue weighted by molar-refractivity contribution is 5.85. The quantitative estimate of drug-likeness (QED) is 0.881. The Balaban J connectivity index is 0.00000144. The standard InChI is InChI=1S/C18H27N3O.2ClH/c19-11-16-8-10-21(13-16)18(22)17-7-4-9-20(14-17)12-15-5-2-1-3-6-15;;/h1-3,5-6,16-17H,4,7-14,19H2;2*1H. The van der Waals surface area contributed by atoms with Crippen LogP contribution >= 0.6 is 24.8 Å². The van der Waals surface area contributed by atoms with Crippen molar-refractivity contribution in [3.8, 4) is 0 Å². The van der Waals surface area contributed by atoms with Gasteiger partial charge in [-0.3, -0.25) is 9.69 Å². The van der Waals surface area contributed by atoms with Crippen LogP contribution in [0, 0.1) is 11.8 Å². The van der Waals surface area contributed by atoms with E-state index in [1.54, 1.807) is 0 Å². The van der Waals surface area contributed by atoms with Crippen LogP contribution in [0.15, 0.2) is 30.3 Å². The minimum Gasteiger partial charge on any atom is -0.342 e. The summed E-state index contributed by atoms with van der Waals surface area (Å²) in [6, 6.07) is 10.5. The first-order valence-electron chi connectivity index (χ1n) is 8.51. The van der Waals surface area contributed by atoms with E-state index >= 15 is 0 Å². The van der Waals surface area contributed by atoms with Crippen LogP contribution in [0.4, 0.5) is 0 Å². The molecule has 4 nitrogen and oxygen atoms in total. The van der Waals surface area contributed by atoms with E-state index in [1.165, 1.54) is 5.56 Å². The van der Waals surface area contributed by atoms with Crippen molar-refractivity contribution in [3.63, 3.8) is 0 Å². The van der Waals surface area contributed by atoms with E-state index in [9.17, 15) is 4.79 Å². The third-order valence-electron chi connectivity index (χ3n) is 5.03. The maximum Gasteiger partial charge on any atom is 0.226 e. The summed E-state index contributed by atoms with van der Waals surface area (Å²) in [5, 5.41) is 0. The van der Waals surface area contributed by atoms with Gasteiger partial charge in [0.05, 0.1) is 5.92 Å². The molecule has 24 heavy (non-hydrogen) atoms. The number of hydrogen-bond acceptors (Lipinski definition) is 3. The summed E-state index contributed by atoms with van der Waals surface area (Å²) >= 11 is 0. The van der Waals surface area contributed by atoms with Gasteiger partial charge < -0.3 is 10.6 Å². The third kappa shape index (κ3) is 5.35. The summed E-state index contributed by atoms with van der Waals surface area (Å²) in [6.45, 7) is 5.42. The number of nitrogens with two attached hydrogens (primary N) is 1. The van der Waals surface area contributed by atoms with Gasteiger partial charge in [-0.15, -0.1) is 24.8 Å². The molecule has 2 heterocycles. The van der Waals surface area contributed by atoms with Crippen LogP contribution in [0.1, 0.15) is 24.8 Å². The van der Waals surface area contributed by atoms with Crippen molar-refractivity contribution in [1.29, 1.82) is 0 Å². The largest absolute Gasteiger partial charge is 0.342 e. The average Bonchev–Trinajstić information content (AvgIpc) is 3.04. The van der Waals surface area contributed by atoms with Crippen LogP contribution in [0.5, 0.6) is 0 Å². The van der Waals surface area contributed by atoms with Crippen LogP contribution in [-0.2, 0) is 11.3 Å². The number of carbonyl (C=O) groups is 1. The summed E-state index contributed by atoms with van der Waals surface area (Å²) in [5.74, 6) is 1.04. The highest BCUT2D eigenvalue weighted by Crippen LogP contribution is 2.24. The highest BCUT2D eigenvalue weighted by atomic mass is 35.5. The molecule has 1 aromatic rings. The maximum atomic E-state index is 12.7. The Bertz CT molecular complexity index is 500. The van der Waals surface area contributed by atoms with Crippen molar-refractivity contribution >= 4 is 30.7 Å². The molecule has 1 aromatic carbocycles. The lowest BCUT2D eigenvalue weighted by Gasteiger charge is -2.34. The Morgan fingerprint density at radius 3 is 2.50 bits per heavy atom. The zero-order chi connectivity index (χ0) is 15.4. The van der Waals surface area contributed by atoms with Gasteiger partial charge in [-0.05, 0) is 43.8 Å². The van der Waals surface area contributed by atoms with Crippen molar-refractivity contribution in [2.24, 2.45) is 17.6 Å². The molecule has 0 bridgehead atoms. The predicted octanol–water partition coefficient (Wildman–Crippen LogP) is 2.55. The summed E-state index contributed by atoms with van der Waals surface area (Å²) in [6.07, 6.45) is 3.23. The third-order valence-corrected chi connectivity index (χ3v) is 5.03. The van der Waals surface area contributed by atoms with Gasteiger partial charge in [0.1, 0.15) is 0 Å². The number of rotatable bonds is 4. The van der Waals surface area contributed by atoms with Crippen LogP contribution in [0.2, 0.25) is 0 Å². The van der Waals surface area contributed by atoms with E-state index < -0.39 is 0 Å². The molecule has 2 aliphatic heterocycles. The molecule has 2 atom stereocenters. The second-order valence-corrected chi connectivity index (χ2v) is 6.73. The Hall–Kier alpha value is -0.810. The Kier molecular flexibility index (Phi) is 9.06. The minimum absolute atomic E-state index is 0. The SMILES string of the molecule is Cl.Cl.NCC1CCN(C(=O)C2CCCN(Cc3ccccc3)C2)C1. The van der Waals surface area contributed by atoms with Gasteiger partial charge in [0, 0.05) is 26.2 Å². The van der Waals surface area contributed by atoms with Gasteiger partial charge in [0.25, 0.3) is 0 Å². The number of hydrogen-bond donors (Lipinski definition) is 1. The maximum absolute atomic E-state index is 12.7. The number of benzene rings is 1. The van der Waals surface area contributed by atoms with Crippen molar-refractivity contribution in [3.05, 3.63) is 35.9 Å². The van der Waals surface area contributed by atoms with E-state index in [4.69, 9.17) is 5.73 Å². The lowest BCUT2D eigenvalue weighted by Crippen LogP contribution is -2.44. The van der Waals surface area contributed by atoms with Crippen molar-refractivity contribution < 1.29 is 4.79 Å². The molecular weight excluding hydrogens is 345 g/mol. The molecule has 1 amide bonds. The summed E-state index contributed by atoms with van der Waals surface area (Å²) < 4.78 is 0. The van der Waals surface area contributed by atoms with Gasteiger partial charge in [0.15, 0.2) is 0 Å². The second-order valence-electron chi connectivity index (χ2n) is 6.73. The average molecular weight is 374 g/mol. The fourth-order valence-corrected chi connectivity index (χ4v) is 3.73. The minimum atomic E-state index is 0. The summed E-state index contributed by atoms with van der Waals surface area (Å²) in [5.41, 5.74) is 7.07. The fourth-order valence-electron chi connectivity index (χ4n) is 3.73. The van der Waals surface area contributed by atoms with Crippen LogP contribution < -0.4 is 5.73 Å². The van der Waals surface area contributed by atoms with E-state index in [2.05, 4.69) is 29.2 Å². The number of likely N-dealkylation sites (tertiary alicyclic amines) is 2. The number of carbonyl (C=O) groups excluding carboxylic acids is 1. The van der Waals surface area contributed by atoms with Crippen LogP contribution in [0.25, 0.3) is 0 Å². The summed E-state index contributed by atoms with van der Waals surface area (Å²) in [7, 11) is 0. The van der Waals surface area contributed by atoms with Crippen LogP contribution in [0.3, 0.4) is 0 Å². The molecule has 0 aliphatic carbocycles. The molecule has 2 unspecified atom stereocenters. The Morgan fingerprint density at radius 2 is 1.83 bits per heavy atom. The van der Waals surface area contributed by atoms with Crippen molar-refractivity contribution in [2.45, 2.75) is 25.8 Å². The fraction of sp³-hybridized carbons (Fsp3) is 0.611. The number of piperidine rings is 1. The number of nitrogens with zero attached hydrogens (tertiary/aromatic N) is 2. The molecule has 6 heteroatoms. The number of halogens is 2. The first kappa shape index (κ1) is 21.2. The molecule has 0 radical (unpaired) electrons. The summed E-state index contributed by atoms with van der Waals surface area (Å²) in [4.78, 5) is 17.2. The van der Waals surface area contributed by atoms with Gasteiger partial charge >= 0.3 is 0 Å². The van der Waals surface area contributed by atoms with Crippen molar-refractivity contribution in [2.75, 3.05) is 32.7 Å². The molecule has 3 rings (SSSR count). The van der Waals surface area contributed by atoms with Gasteiger partial charge in [-0.25, -0.2) is 0 Å². The molecule has 2 aliphatic rings. The van der Waals surface area contributed by atoms with E-state index in [-0.39, 0.29) is 30.7 Å². The van der Waals surface area contributed by atoms with E-state index in [1.807, 2.05) is 11.0 Å². The van der Waals surface area contributed by atoms with E-state index in [0.717, 1.165) is 52.0 Å². The molecule has 0 saturated carbocycles. The molecule has 2 N–H and O–H groups in total. The van der Waals surface area contributed by atoms with Gasteiger partial charge in [0.2, 0.25) is 5.91 Å². The molecule has 0 aromatic heterocycles. The molecule has 2 fully saturated rings. The zero-order valence-corrected chi connectivity index (χ0v) is 15.7. The smallest absolute Gasteiger partial charge is 0.226 e. The van der Waals surface area contributed by atoms with Gasteiger partial charge in [-0.2, -0.15) is 0 Å². The van der Waals surface area contributed by atoms with Crippen molar-refractivity contribution in [1.82, 2.24) is 9.80 Å². The first-order chi connectivity index (χ1) is 10.8. The van der Waals surface area contributed by atoms with Crippen LogP contribution in [-0.4, -0.2) is 48.4 Å².